The zero-order chi connectivity index (χ0) is 12.8. The highest BCUT2D eigenvalue weighted by molar-refractivity contribution is 6.35. The molecule has 1 N–H and O–H groups in total. The van der Waals surface area contributed by atoms with Gasteiger partial charge in [-0.15, -0.1) is 0 Å². The molecule has 2 atom stereocenters. The molecule has 1 rings (SSSR count). The van der Waals surface area contributed by atoms with Crippen molar-refractivity contribution in [2.75, 3.05) is 6.54 Å². The third kappa shape index (κ3) is 4.87. The minimum absolute atomic E-state index is 0.538. The maximum absolute atomic E-state index is 6.17. The molecule has 0 bridgehead atoms. The molecule has 0 aromatic heterocycles. The van der Waals surface area contributed by atoms with Crippen molar-refractivity contribution in [1.82, 2.24) is 5.32 Å². The summed E-state index contributed by atoms with van der Waals surface area (Å²) < 4.78 is 0. The van der Waals surface area contributed by atoms with Gasteiger partial charge < -0.3 is 5.32 Å². The SMILES string of the molecule is CCNC(C)CC(C)Cc1c(Cl)cccc1Cl. The van der Waals surface area contributed by atoms with E-state index < -0.39 is 0 Å². The van der Waals surface area contributed by atoms with Crippen LogP contribution in [0.5, 0.6) is 0 Å². The second-order valence-electron chi connectivity index (χ2n) is 4.70. The van der Waals surface area contributed by atoms with Gasteiger partial charge in [0.15, 0.2) is 0 Å². The highest BCUT2D eigenvalue weighted by Gasteiger charge is 2.12. The van der Waals surface area contributed by atoms with Crippen LogP contribution in [0, 0.1) is 5.92 Å². The highest BCUT2D eigenvalue weighted by atomic mass is 35.5. The van der Waals surface area contributed by atoms with Crippen molar-refractivity contribution in [2.24, 2.45) is 5.92 Å². The molecule has 3 heteroatoms. The summed E-state index contributed by atoms with van der Waals surface area (Å²) in [4.78, 5) is 0. The zero-order valence-electron chi connectivity index (χ0n) is 10.8. The van der Waals surface area contributed by atoms with Gasteiger partial charge in [-0.05, 0) is 49.9 Å². The van der Waals surface area contributed by atoms with Gasteiger partial charge in [0.1, 0.15) is 0 Å². The molecule has 1 nitrogen and oxygen atoms in total. The maximum atomic E-state index is 6.17. The molecule has 0 saturated carbocycles. The van der Waals surface area contributed by atoms with Crippen LogP contribution < -0.4 is 5.32 Å². The lowest BCUT2D eigenvalue weighted by Gasteiger charge is -2.19. The Morgan fingerprint density at radius 2 is 1.76 bits per heavy atom. The van der Waals surface area contributed by atoms with E-state index in [-0.39, 0.29) is 0 Å². The van der Waals surface area contributed by atoms with Crippen molar-refractivity contribution in [2.45, 2.75) is 39.7 Å². The number of rotatable bonds is 6. The lowest BCUT2D eigenvalue weighted by molar-refractivity contribution is 0.426. The molecule has 1 aromatic rings. The van der Waals surface area contributed by atoms with Gasteiger partial charge in [0.05, 0.1) is 0 Å². The zero-order valence-corrected chi connectivity index (χ0v) is 12.3. The Balaban J connectivity index is 2.59. The van der Waals surface area contributed by atoms with Crippen molar-refractivity contribution in [1.29, 1.82) is 0 Å². The van der Waals surface area contributed by atoms with Gasteiger partial charge in [0.25, 0.3) is 0 Å². The number of hydrogen-bond donors (Lipinski definition) is 1. The molecule has 1 aromatic carbocycles. The molecule has 17 heavy (non-hydrogen) atoms. The Labute approximate surface area is 115 Å². The first-order chi connectivity index (χ1) is 8.04. The minimum Gasteiger partial charge on any atom is -0.315 e. The van der Waals surface area contributed by atoms with E-state index in [0.717, 1.165) is 35.0 Å². The van der Waals surface area contributed by atoms with Gasteiger partial charge in [0, 0.05) is 16.1 Å². The van der Waals surface area contributed by atoms with Crippen molar-refractivity contribution in [3.63, 3.8) is 0 Å². The quantitative estimate of drug-likeness (QED) is 0.801. The summed E-state index contributed by atoms with van der Waals surface area (Å²) in [6.07, 6.45) is 2.07. The van der Waals surface area contributed by atoms with Crippen molar-refractivity contribution >= 4 is 23.2 Å². The largest absolute Gasteiger partial charge is 0.315 e. The smallest absolute Gasteiger partial charge is 0.0452 e. The van der Waals surface area contributed by atoms with Crippen LogP contribution in [0.1, 0.15) is 32.8 Å². The van der Waals surface area contributed by atoms with E-state index in [2.05, 4.69) is 26.1 Å². The summed E-state index contributed by atoms with van der Waals surface area (Å²) in [7, 11) is 0. The van der Waals surface area contributed by atoms with Crippen LogP contribution in [-0.2, 0) is 6.42 Å². The van der Waals surface area contributed by atoms with E-state index in [1.165, 1.54) is 0 Å². The second kappa shape index (κ2) is 7.25. The molecular formula is C14H21Cl2N. The predicted octanol–water partition coefficient (Wildman–Crippen LogP) is 4.56. The van der Waals surface area contributed by atoms with Crippen LogP contribution in [0.2, 0.25) is 10.0 Å². The van der Waals surface area contributed by atoms with E-state index in [0.29, 0.717) is 12.0 Å². The molecule has 0 saturated heterocycles. The summed E-state index contributed by atoms with van der Waals surface area (Å²) in [5, 5.41) is 4.98. The number of benzene rings is 1. The van der Waals surface area contributed by atoms with Gasteiger partial charge in [-0.2, -0.15) is 0 Å². The fourth-order valence-electron chi connectivity index (χ4n) is 2.19. The van der Waals surface area contributed by atoms with E-state index in [1.54, 1.807) is 0 Å². The summed E-state index contributed by atoms with van der Waals surface area (Å²) in [5.41, 5.74) is 1.08. The van der Waals surface area contributed by atoms with Crippen LogP contribution in [0.4, 0.5) is 0 Å². The number of hydrogen-bond acceptors (Lipinski definition) is 1. The Morgan fingerprint density at radius 1 is 1.18 bits per heavy atom. The molecule has 0 fully saturated rings. The molecule has 0 heterocycles. The predicted molar refractivity (Wildman–Crippen MR) is 77.1 cm³/mol. The Hall–Kier alpha value is -0.240. The van der Waals surface area contributed by atoms with E-state index in [9.17, 15) is 0 Å². The van der Waals surface area contributed by atoms with Gasteiger partial charge in [-0.3, -0.25) is 0 Å². The molecule has 96 valence electrons. The monoisotopic (exact) mass is 273 g/mol. The molecule has 0 aliphatic carbocycles. The molecule has 2 unspecified atom stereocenters. The van der Waals surface area contributed by atoms with Crippen molar-refractivity contribution in [3.8, 4) is 0 Å². The van der Waals surface area contributed by atoms with Crippen LogP contribution in [0.3, 0.4) is 0 Å². The standard InChI is InChI=1S/C14H21Cl2N/c1-4-17-11(3)8-10(2)9-12-13(15)6-5-7-14(12)16/h5-7,10-11,17H,4,8-9H2,1-3H3. The summed E-state index contributed by atoms with van der Waals surface area (Å²) in [6.45, 7) is 7.61. The first-order valence-corrected chi connectivity index (χ1v) is 6.96. The van der Waals surface area contributed by atoms with E-state index in [4.69, 9.17) is 23.2 Å². The lowest BCUT2D eigenvalue weighted by atomic mass is 9.95. The summed E-state index contributed by atoms with van der Waals surface area (Å²) in [5.74, 6) is 0.571. The van der Waals surface area contributed by atoms with Crippen molar-refractivity contribution < 1.29 is 0 Å². The van der Waals surface area contributed by atoms with Gasteiger partial charge >= 0.3 is 0 Å². The van der Waals surface area contributed by atoms with Crippen LogP contribution >= 0.6 is 23.2 Å². The van der Waals surface area contributed by atoms with Gasteiger partial charge in [-0.25, -0.2) is 0 Å². The molecule has 0 amide bonds. The van der Waals surface area contributed by atoms with Crippen LogP contribution in [0.25, 0.3) is 0 Å². The molecule has 0 aliphatic rings. The Bertz CT molecular complexity index is 332. The highest BCUT2D eigenvalue weighted by Crippen LogP contribution is 2.27. The van der Waals surface area contributed by atoms with Crippen LogP contribution in [-0.4, -0.2) is 12.6 Å². The molecule has 0 spiro atoms. The third-order valence-corrected chi connectivity index (χ3v) is 3.63. The summed E-state index contributed by atoms with van der Waals surface area (Å²) in [6, 6.07) is 6.24. The van der Waals surface area contributed by atoms with E-state index in [1.807, 2.05) is 18.2 Å². The maximum Gasteiger partial charge on any atom is 0.0452 e. The average Bonchev–Trinajstić information content (AvgIpc) is 2.24. The second-order valence-corrected chi connectivity index (χ2v) is 5.52. The average molecular weight is 274 g/mol. The topological polar surface area (TPSA) is 12.0 Å². The van der Waals surface area contributed by atoms with Gasteiger partial charge in [0.2, 0.25) is 0 Å². The normalized spacial score (nSPS) is 14.6. The molecular weight excluding hydrogens is 253 g/mol. The molecule has 0 aliphatic heterocycles. The number of nitrogens with one attached hydrogen (secondary N) is 1. The molecule has 0 radical (unpaired) electrons. The first kappa shape index (κ1) is 14.8. The summed E-state index contributed by atoms with van der Waals surface area (Å²) >= 11 is 12.3. The van der Waals surface area contributed by atoms with Gasteiger partial charge in [-0.1, -0.05) is 43.1 Å². The van der Waals surface area contributed by atoms with E-state index >= 15 is 0 Å². The minimum atomic E-state index is 0.538. The van der Waals surface area contributed by atoms with Crippen molar-refractivity contribution in [3.05, 3.63) is 33.8 Å². The number of halogens is 2. The Morgan fingerprint density at radius 3 is 2.29 bits per heavy atom. The first-order valence-electron chi connectivity index (χ1n) is 6.20. The van der Waals surface area contributed by atoms with Crippen LogP contribution in [0.15, 0.2) is 18.2 Å². The lowest BCUT2D eigenvalue weighted by Crippen LogP contribution is -2.27. The third-order valence-electron chi connectivity index (χ3n) is 2.92. The fraction of sp³-hybridized carbons (Fsp3) is 0.571. The fourth-order valence-corrected chi connectivity index (χ4v) is 2.75. The Kier molecular flexibility index (Phi) is 6.32.